The average molecular weight is 351 g/mol. The van der Waals surface area contributed by atoms with Crippen LogP contribution in [0.1, 0.15) is 10.4 Å². The van der Waals surface area contributed by atoms with Crippen molar-refractivity contribution in [1.82, 2.24) is 4.57 Å². The molecule has 1 aromatic carbocycles. The Balaban J connectivity index is 2.21. The Kier molecular flexibility index (Phi) is 5.80. The predicted octanol–water partition coefficient (Wildman–Crippen LogP) is 4.32. The number of carbonyl (C=O) groups is 1. The Morgan fingerprint density at radius 2 is 2.04 bits per heavy atom. The van der Waals surface area contributed by atoms with E-state index in [1.807, 2.05) is 28.8 Å². The molecule has 0 bridgehead atoms. The molecule has 0 aliphatic rings. The summed E-state index contributed by atoms with van der Waals surface area (Å²) in [5.41, 5.74) is 1.31. The number of Topliss-reactive ketones (excluding diaryl/α,β-unsaturated/α-hetero) is 1. The topological polar surface area (TPSA) is 75.3 Å². The highest BCUT2D eigenvalue weighted by molar-refractivity contribution is 8.10. The third kappa shape index (κ3) is 4.54. The second-order valence-electron chi connectivity index (χ2n) is 6.63. The van der Waals surface area contributed by atoms with Gasteiger partial charge in [0, 0.05) is 38.3 Å². The molecule has 0 saturated carbocycles. The van der Waals surface area contributed by atoms with Crippen LogP contribution in [0.15, 0.2) is 30.5 Å². The second-order valence-corrected chi connectivity index (χ2v) is 12.8. The molecule has 0 atom stereocenters. The SMILES string of the molecule is C[Si](C)(C)CCOCn1cc(C(=O)C(=N)SO)c2ccccc21. The minimum absolute atomic E-state index is 0.168. The molecule has 0 unspecified atom stereocenters. The number of hydrogen-bond donors (Lipinski definition) is 2. The molecule has 124 valence electrons. The van der Waals surface area contributed by atoms with E-state index in [1.165, 1.54) is 0 Å². The Hall–Kier alpha value is -1.41. The molecule has 2 rings (SSSR count). The number of aromatic nitrogens is 1. The summed E-state index contributed by atoms with van der Waals surface area (Å²) in [6.45, 7) is 7.98. The van der Waals surface area contributed by atoms with Crippen LogP contribution in [0.3, 0.4) is 0 Å². The van der Waals surface area contributed by atoms with Gasteiger partial charge in [0.1, 0.15) is 6.73 Å². The Bertz CT molecular complexity index is 722. The molecule has 0 aliphatic carbocycles. The molecule has 1 heterocycles. The third-order valence-electron chi connectivity index (χ3n) is 3.56. The van der Waals surface area contributed by atoms with E-state index in [1.54, 1.807) is 6.20 Å². The largest absolute Gasteiger partial charge is 0.361 e. The van der Waals surface area contributed by atoms with Gasteiger partial charge in [0.05, 0.1) is 11.1 Å². The minimum atomic E-state index is -1.13. The molecule has 2 aromatic rings. The highest BCUT2D eigenvalue weighted by Crippen LogP contribution is 2.23. The van der Waals surface area contributed by atoms with E-state index in [0.717, 1.165) is 16.9 Å². The highest BCUT2D eigenvalue weighted by Gasteiger charge is 2.19. The van der Waals surface area contributed by atoms with E-state index in [-0.39, 0.29) is 17.1 Å². The van der Waals surface area contributed by atoms with E-state index in [4.69, 9.17) is 14.7 Å². The fourth-order valence-electron chi connectivity index (χ4n) is 2.24. The van der Waals surface area contributed by atoms with E-state index in [0.29, 0.717) is 18.9 Å². The maximum atomic E-state index is 12.2. The fourth-order valence-corrected chi connectivity index (χ4v) is 3.19. The smallest absolute Gasteiger partial charge is 0.221 e. The molecule has 23 heavy (non-hydrogen) atoms. The van der Waals surface area contributed by atoms with Gasteiger partial charge in [0.25, 0.3) is 0 Å². The number of nitrogens with one attached hydrogen (secondary N) is 1. The summed E-state index contributed by atoms with van der Waals surface area (Å²) in [7, 11) is -1.13. The number of benzene rings is 1. The van der Waals surface area contributed by atoms with Crippen molar-refractivity contribution in [3.05, 3.63) is 36.0 Å². The highest BCUT2D eigenvalue weighted by atomic mass is 32.2. The molecule has 0 amide bonds. The first kappa shape index (κ1) is 17.9. The molecule has 5 nitrogen and oxygen atoms in total. The summed E-state index contributed by atoms with van der Waals surface area (Å²) in [6.07, 6.45) is 1.70. The lowest BCUT2D eigenvalue weighted by Gasteiger charge is -2.15. The van der Waals surface area contributed by atoms with E-state index in [9.17, 15) is 4.79 Å². The zero-order valence-corrected chi connectivity index (χ0v) is 15.4. The van der Waals surface area contributed by atoms with Crippen molar-refractivity contribution in [2.75, 3.05) is 6.61 Å². The van der Waals surface area contributed by atoms with Gasteiger partial charge in [-0.25, -0.2) is 0 Å². The van der Waals surface area contributed by atoms with Gasteiger partial charge in [0.15, 0.2) is 5.04 Å². The lowest BCUT2D eigenvalue weighted by Crippen LogP contribution is -2.22. The first-order valence-corrected chi connectivity index (χ1v) is 11.9. The maximum absolute atomic E-state index is 12.2. The summed E-state index contributed by atoms with van der Waals surface area (Å²) in [5, 5.41) is 7.92. The Labute approximate surface area is 141 Å². The summed E-state index contributed by atoms with van der Waals surface area (Å²) in [4.78, 5) is 12.2. The van der Waals surface area contributed by atoms with Gasteiger partial charge >= 0.3 is 0 Å². The summed E-state index contributed by atoms with van der Waals surface area (Å²) < 4.78 is 16.6. The van der Waals surface area contributed by atoms with Crippen molar-refractivity contribution >= 4 is 41.8 Å². The van der Waals surface area contributed by atoms with Crippen molar-refractivity contribution in [3.8, 4) is 0 Å². The summed E-state index contributed by atoms with van der Waals surface area (Å²) in [5.74, 6) is -0.477. The van der Waals surface area contributed by atoms with Crippen LogP contribution in [-0.4, -0.2) is 34.6 Å². The molecule has 0 saturated heterocycles. The molecule has 0 aliphatic heterocycles. The average Bonchev–Trinajstić information content (AvgIpc) is 2.88. The van der Waals surface area contributed by atoms with Crippen molar-refractivity contribution in [2.24, 2.45) is 0 Å². The van der Waals surface area contributed by atoms with Gasteiger partial charge in [-0.3, -0.25) is 10.2 Å². The molecular weight excluding hydrogens is 328 g/mol. The van der Waals surface area contributed by atoms with E-state index >= 15 is 0 Å². The summed E-state index contributed by atoms with van der Waals surface area (Å²) >= 11 is 0.168. The molecule has 0 spiro atoms. The number of nitrogens with zero attached hydrogens (tertiary/aromatic N) is 1. The lowest BCUT2D eigenvalue weighted by atomic mass is 10.1. The van der Waals surface area contributed by atoms with Gasteiger partial charge in [0.2, 0.25) is 5.78 Å². The molecule has 2 N–H and O–H groups in total. The zero-order valence-electron chi connectivity index (χ0n) is 13.6. The van der Waals surface area contributed by atoms with Crippen LogP contribution in [0.25, 0.3) is 10.9 Å². The quantitative estimate of drug-likeness (QED) is 0.195. The number of ether oxygens (including phenoxy) is 1. The van der Waals surface area contributed by atoms with Crippen LogP contribution in [0.4, 0.5) is 0 Å². The fraction of sp³-hybridized carbons (Fsp3) is 0.375. The van der Waals surface area contributed by atoms with Gasteiger partial charge in [-0.1, -0.05) is 37.8 Å². The van der Waals surface area contributed by atoms with Gasteiger partial charge in [-0.2, -0.15) is 0 Å². The van der Waals surface area contributed by atoms with Crippen LogP contribution >= 0.6 is 12.0 Å². The molecular formula is C16H22N2O3SSi. The standard InChI is InChI=1S/C16H22N2O3SSi/c1-23(2,3)9-8-21-11-18-10-13(15(19)16(17)22-20)12-6-4-5-7-14(12)18/h4-7,10,17,20H,8-9,11H2,1-3H3. The predicted molar refractivity (Wildman–Crippen MR) is 98.3 cm³/mol. The first-order valence-electron chi connectivity index (χ1n) is 7.44. The van der Waals surface area contributed by atoms with Crippen molar-refractivity contribution in [2.45, 2.75) is 32.4 Å². The van der Waals surface area contributed by atoms with E-state index in [2.05, 4.69) is 19.6 Å². The molecule has 0 fully saturated rings. The molecule has 7 heteroatoms. The van der Waals surface area contributed by atoms with Gasteiger partial charge in [-0.15, -0.1) is 0 Å². The number of hydrogen-bond acceptors (Lipinski definition) is 5. The van der Waals surface area contributed by atoms with Crippen LogP contribution in [0, 0.1) is 5.41 Å². The Morgan fingerprint density at radius 1 is 1.35 bits per heavy atom. The molecule has 1 aromatic heterocycles. The number of rotatable bonds is 7. The normalized spacial score (nSPS) is 11.8. The minimum Gasteiger partial charge on any atom is -0.361 e. The van der Waals surface area contributed by atoms with Crippen LogP contribution in [0.5, 0.6) is 0 Å². The number of fused-ring (bicyclic) bond motifs is 1. The molecule has 0 radical (unpaired) electrons. The van der Waals surface area contributed by atoms with Crippen molar-refractivity contribution in [1.29, 1.82) is 5.41 Å². The number of ketones is 1. The zero-order chi connectivity index (χ0) is 17.0. The first-order chi connectivity index (χ1) is 10.8. The van der Waals surface area contributed by atoms with Crippen molar-refractivity contribution < 1.29 is 14.1 Å². The van der Waals surface area contributed by atoms with Gasteiger partial charge < -0.3 is 13.9 Å². The lowest BCUT2D eigenvalue weighted by molar-refractivity contribution is 0.0900. The maximum Gasteiger partial charge on any atom is 0.221 e. The van der Waals surface area contributed by atoms with Crippen molar-refractivity contribution in [3.63, 3.8) is 0 Å². The number of para-hydroxylation sites is 1. The third-order valence-corrected chi connectivity index (χ3v) is 5.63. The Morgan fingerprint density at radius 3 is 2.70 bits per heavy atom. The van der Waals surface area contributed by atoms with Crippen LogP contribution < -0.4 is 0 Å². The summed E-state index contributed by atoms with van der Waals surface area (Å²) in [6, 6.07) is 8.61. The van der Waals surface area contributed by atoms with Gasteiger partial charge in [-0.05, 0) is 12.1 Å². The van der Waals surface area contributed by atoms with Crippen LogP contribution in [0.2, 0.25) is 25.7 Å². The second kappa shape index (κ2) is 7.44. The van der Waals surface area contributed by atoms with Crippen LogP contribution in [-0.2, 0) is 11.5 Å². The van der Waals surface area contributed by atoms with E-state index < -0.39 is 13.9 Å². The monoisotopic (exact) mass is 350 g/mol. The number of carbonyl (C=O) groups excluding carboxylic acids is 1.